The summed E-state index contributed by atoms with van der Waals surface area (Å²) in [4.78, 5) is 27.0. The molecule has 180 valence electrons. The maximum atomic E-state index is 13.2. The predicted molar refractivity (Wildman–Crippen MR) is 123 cm³/mol. The molecular weight excluding hydrogens is 445 g/mol. The average Bonchev–Trinajstić information content (AvgIpc) is 3.18. The quantitative estimate of drug-likeness (QED) is 0.573. The fraction of sp³-hybridized carbons (Fsp3) is 0.360. The summed E-state index contributed by atoms with van der Waals surface area (Å²) < 4.78 is 40.6. The summed E-state index contributed by atoms with van der Waals surface area (Å²) in [5, 5.41) is 3.95. The SMILES string of the molecule is NCCC(=O)N1CCC(NC(=O)c2cc3ccccc3n2Cc2ccc(C(F)(F)F)cc2)CC1. The van der Waals surface area contributed by atoms with Crippen molar-refractivity contribution in [3.05, 3.63) is 71.4 Å². The summed E-state index contributed by atoms with van der Waals surface area (Å²) >= 11 is 0. The minimum Gasteiger partial charge on any atom is -0.348 e. The molecule has 1 saturated heterocycles. The van der Waals surface area contributed by atoms with Crippen molar-refractivity contribution in [1.29, 1.82) is 0 Å². The van der Waals surface area contributed by atoms with Gasteiger partial charge in [-0.15, -0.1) is 0 Å². The number of rotatable bonds is 6. The lowest BCUT2D eigenvalue weighted by atomic mass is 10.0. The van der Waals surface area contributed by atoms with Gasteiger partial charge in [-0.05, 0) is 42.7 Å². The monoisotopic (exact) mass is 472 g/mol. The Labute approximate surface area is 195 Å². The summed E-state index contributed by atoms with van der Waals surface area (Å²) in [6, 6.07) is 14.2. The number of aromatic nitrogens is 1. The van der Waals surface area contributed by atoms with Crippen molar-refractivity contribution in [2.75, 3.05) is 19.6 Å². The molecule has 3 N–H and O–H groups in total. The number of likely N-dealkylation sites (tertiary alicyclic amines) is 1. The number of nitrogens with one attached hydrogen (secondary N) is 1. The van der Waals surface area contributed by atoms with Gasteiger partial charge in [-0.1, -0.05) is 30.3 Å². The minimum absolute atomic E-state index is 0.0314. The van der Waals surface area contributed by atoms with Crippen LogP contribution in [0.1, 0.15) is 40.9 Å². The first-order chi connectivity index (χ1) is 16.3. The van der Waals surface area contributed by atoms with E-state index in [4.69, 9.17) is 5.73 Å². The summed E-state index contributed by atoms with van der Waals surface area (Å²) in [5.41, 5.74) is 6.70. The van der Waals surface area contributed by atoms with Gasteiger partial charge in [-0.25, -0.2) is 0 Å². The van der Waals surface area contributed by atoms with Gasteiger partial charge in [0.25, 0.3) is 5.91 Å². The molecule has 0 atom stereocenters. The Kier molecular flexibility index (Phi) is 6.92. The van der Waals surface area contributed by atoms with Gasteiger partial charge < -0.3 is 20.5 Å². The van der Waals surface area contributed by atoms with Crippen LogP contribution in [0.15, 0.2) is 54.6 Å². The zero-order valence-electron chi connectivity index (χ0n) is 18.6. The Morgan fingerprint density at radius 1 is 1.03 bits per heavy atom. The van der Waals surface area contributed by atoms with Gasteiger partial charge in [0.2, 0.25) is 5.91 Å². The molecule has 0 spiro atoms. The van der Waals surface area contributed by atoms with Crippen LogP contribution < -0.4 is 11.1 Å². The molecule has 0 bridgehead atoms. The van der Waals surface area contributed by atoms with E-state index in [0.717, 1.165) is 23.0 Å². The van der Waals surface area contributed by atoms with Crippen molar-refractivity contribution in [3.63, 3.8) is 0 Å². The second kappa shape index (κ2) is 9.89. The molecule has 0 saturated carbocycles. The number of carbonyl (C=O) groups is 2. The van der Waals surface area contributed by atoms with Crippen LogP contribution in [0.4, 0.5) is 13.2 Å². The number of piperidine rings is 1. The summed E-state index contributed by atoms with van der Waals surface area (Å²) in [6.07, 6.45) is -2.77. The highest BCUT2D eigenvalue weighted by molar-refractivity contribution is 5.99. The van der Waals surface area contributed by atoms with Crippen LogP contribution >= 0.6 is 0 Å². The van der Waals surface area contributed by atoms with Crippen molar-refractivity contribution >= 4 is 22.7 Å². The summed E-state index contributed by atoms with van der Waals surface area (Å²) in [5.74, 6) is -0.209. The van der Waals surface area contributed by atoms with E-state index in [1.54, 1.807) is 11.0 Å². The van der Waals surface area contributed by atoms with Crippen LogP contribution in [0, 0.1) is 0 Å². The zero-order chi connectivity index (χ0) is 24.3. The van der Waals surface area contributed by atoms with E-state index in [2.05, 4.69) is 5.32 Å². The van der Waals surface area contributed by atoms with Gasteiger partial charge in [-0.2, -0.15) is 13.2 Å². The van der Waals surface area contributed by atoms with Crippen LogP contribution in [0.25, 0.3) is 10.9 Å². The van der Waals surface area contributed by atoms with Gasteiger partial charge in [-0.3, -0.25) is 9.59 Å². The Balaban J connectivity index is 1.51. The molecule has 1 aliphatic rings. The fourth-order valence-electron chi connectivity index (χ4n) is 4.36. The van der Waals surface area contributed by atoms with Crippen molar-refractivity contribution in [2.45, 2.75) is 38.0 Å². The summed E-state index contributed by atoms with van der Waals surface area (Å²) in [6.45, 7) is 1.72. The standard InChI is InChI=1S/C25H27F3N4O2/c26-25(27,28)19-7-5-17(6-8-19)16-32-21-4-2-1-3-18(21)15-22(32)24(34)30-20-10-13-31(14-11-20)23(33)9-12-29/h1-8,15,20H,9-14,16,29H2,(H,30,34). The van der Waals surface area contributed by atoms with Gasteiger partial charge in [0.1, 0.15) is 5.69 Å². The predicted octanol–water partition coefficient (Wildman–Crippen LogP) is 3.78. The third kappa shape index (κ3) is 5.25. The fourth-order valence-corrected chi connectivity index (χ4v) is 4.36. The Bertz CT molecular complexity index is 1160. The highest BCUT2D eigenvalue weighted by Crippen LogP contribution is 2.29. The first kappa shape index (κ1) is 23.8. The van der Waals surface area contributed by atoms with Crippen LogP contribution in [0.3, 0.4) is 0 Å². The van der Waals surface area contributed by atoms with E-state index >= 15 is 0 Å². The molecule has 1 aliphatic heterocycles. The zero-order valence-corrected chi connectivity index (χ0v) is 18.6. The van der Waals surface area contributed by atoms with E-state index in [-0.39, 0.29) is 24.4 Å². The number of amides is 2. The van der Waals surface area contributed by atoms with Gasteiger partial charge >= 0.3 is 6.18 Å². The lowest BCUT2D eigenvalue weighted by Gasteiger charge is -2.32. The first-order valence-corrected chi connectivity index (χ1v) is 11.3. The maximum Gasteiger partial charge on any atom is 0.416 e. The first-order valence-electron chi connectivity index (χ1n) is 11.3. The third-order valence-corrected chi connectivity index (χ3v) is 6.21. The van der Waals surface area contributed by atoms with E-state index in [1.807, 2.05) is 28.8 Å². The maximum absolute atomic E-state index is 13.2. The molecule has 1 fully saturated rings. The number of nitrogens with two attached hydrogens (primary N) is 1. The van der Waals surface area contributed by atoms with Crippen molar-refractivity contribution in [1.82, 2.24) is 14.8 Å². The van der Waals surface area contributed by atoms with Crippen LogP contribution in [0.2, 0.25) is 0 Å². The van der Waals surface area contributed by atoms with Crippen LogP contribution in [0.5, 0.6) is 0 Å². The smallest absolute Gasteiger partial charge is 0.348 e. The van der Waals surface area contributed by atoms with Crippen molar-refractivity contribution < 1.29 is 22.8 Å². The second-order valence-electron chi connectivity index (χ2n) is 8.54. The highest BCUT2D eigenvalue weighted by Gasteiger charge is 2.30. The molecule has 34 heavy (non-hydrogen) atoms. The number of carbonyl (C=O) groups excluding carboxylic acids is 2. The van der Waals surface area contributed by atoms with E-state index in [1.165, 1.54) is 12.1 Å². The van der Waals surface area contributed by atoms with Gasteiger partial charge in [0, 0.05) is 49.5 Å². The molecule has 1 aromatic heterocycles. The summed E-state index contributed by atoms with van der Waals surface area (Å²) in [7, 11) is 0. The Morgan fingerprint density at radius 3 is 2.35 bits per heavy atom. The van der Waals surface area contributed by atoms with Crippen molar-refractivity contribution in [2.24, 2.45) is 5.73 Å². The minimum atomic E-state index is -4.39. The molecule has 0 aliphatic carbocycles. The lowest BCUT2D eigenvalue weighted by Crippen LogP contribution is -2.47. The molecule has 2 heterocycles. The second-order valence-corrected chi connectivity index (χ2v) is 8.54. The van der Waals surface area contributed by atoms with E-state index < -0.39 is 11.7 Å². The molecule has 4 rings (SSSR count). The number of halogens is 3. The Morgan fingerprint density at radius 2 is 1.71 bits per heavy atom. The third-order valence-electron chi connectivity index (χ3n) is 6.21. The largest absolute Gasteiger partial charge is 0.416 e. The topological polar surface area (TPSA) is 80.4 Å². The molecule has 9 heteroatoms. The van der Waals surface area contributed by atoms with E-state index in [9.17, 15) is 22.8 Å². The number of hydrogen-bond acceptors (Lipinski definition) is 3. The molecule has 2 amide bonds. The van der Waals surface area contributed by atoms with Crippen LogP contribution in [-0.2, 0) is 17.5 Å². The molecule has 3 aromatic rings. The number of hydrogen-bond donors (Lipinski definition) is 2. The lowest BCUT2D eigenvalue weighted by molar-refractivity contribution is -0.137. The van der Waals surface area contributed by atoms with Gasteiger partial charge in [0.15, 0.2) is 0 Å². The molecule has 2 aromatic carbocycles. The number of fused-ring (bicyclic) bond motifs is 1. The number of benzene rings is 2. The normalized spacial score (nSPS) is 15.0. The van der Waals surface area contributed by atoms with Gasteiger partial charge in [0.05, 0.1) is 5.56 Å². The number of alkyl halides is 3. The van der Waals surface area contributed by atoms with Crippen LogP contribution in [-0.4, -0.2) is 47.0 Å². The highest BCUT2D eigenvalue weighted by atomic mass is 19.4. The molecule has 6 nitrogen and oxygen atoms in total. The molecule has 0 unspecified atom stereocenters. The van der Waals surface area contributed by atoms with E-state index in [0.29, 0.717) is 50.2 Å². The molecular formula is C25H27F3N4O2. The Hall–Kier alpha value is -3.33. The number of para-hydroxylation sites is 1. The number of nitrogens with zero attached hydrogens (tertiary/aromatic N) is 2. The van der Waals surface area contributed by atoms with Crippen molar-refractivity contribution in [3.8, 4) is 0 Å². The average molecular weight is 473 g/mol. The molecule has 0 radical (unpaired) electrons.